The highest BCUT2D eigenvalue weighted by Crippen LogP contribution is 2.41. The van der Waals surface area contributed by atoms with Gasteiger partial charge in [-0.3, -0.25) is 5.41 Å². The number of hydrogen-bond donors (Lipinski definition) is 2. The van der Waals surface area contributed by atoms with Gasteiger partial charge in [0.25, 0.3) is 0 Å². The molecule has 0 radical (unpaired) electrons. The molecule has 4 rings (SSSR count). The second kappa shape index (κ2) is 6.36. The second-order valence-electron chi connectivity index (χ2n) is 5.30. The summed E-state index contributed by atoms with van der Waals surface area (Å²) in [7, 11) is 0. The number of nitrogens with one attached hydrogen (secondary N) is 1. The molecule has 0 aliphatic rings. The van der Waals surface area contributed by atoms with Gasteiger partial charge in [0, 0.05) is 29.9 Å². The molecule has 0 saturated heterocycles. The standard InChI is InChI=1S/C19H14N2S3/c20-19(21)13-5-3-12(4-6-13)14-7-8-17(23-14)18-10-9-16(24-18)15-2-1-11-22-15/h1-11H,(H3,20,21). The van der Waals surface area contributed by atoms with Crippen LogP contribution in [0.15, 0.2) is 66.0 Å². The third-order valence-corrected chi connectivity index (χ3v) is 7.18. The quantitative estimate of drug-likeness (QED) is 0.330. The van der Waals surface area contributed by atoms with Crippen LogP contribution in [-0.2, 0) is 0 Å². The van der Waals surface area contributed by atoms with Crippen molar-refractivity contribution in [3.63, 3.8) is 0 Å². The van der Waals surface area contributed by atoms with Gasteiger partial charge in [-0.1, -0.05) is 30.3 Å². The van der Waals surface area contributed by atoms with Crippen LogP contribution in [0.25, 0.3) is 29.9 Å². The van der Waals surface area contributed by atoms with Gasteiger partial charge in [0.15, 0.2) is 0 Å². The monoisotopic (exact) mass is 366 g/mol. The molecule has 0 amide bonds. The minimum Gasteiger partial charge on any atom is -0.384 e. The van der Waals surface area contributed by atoms with Crippen LogP contribution in [0.4, 0.5) is 0 Å². The molecule has 0 bridgehead atoms. The van der Waals surface area contributed by atoms with E-state index in [9.17, 15) is 0 Å². The van der Waals surface area contributed by atoms with Crippen molar-refractivity contribution in [1.82, 2.24) is 0 Å². The zero-order valence-electron chi connectivity index (χ0n) is 12.7. The number of thiophene rings is 3. The third kappa shape index (κ3) is 2.94. The SMILES string of the molecule is N=C(N)c1ccc(-c2ccc(-c3ccc(-c4cccs4)s3)s2)cc1. The molecule has 0 unspecified atom stereocenters. The Morgan fingerprint density at radius 2 is 1.29 bits per heavy atom. The fourth-order valence-corrected chi connectivity index (χ4v) is 5.40. The van der Waals surface area contributed by atoms with Crippen LogP contribution in [0.3, 0.4) is 0 Å². The molecule has 4 aromatic rings. The van der Waals surface area contributed by atoms with Crippen LogP contribution in [0.2, 0.25) is 0 Å². The highest BCUT2D eigenvalue weighted by molar-refractivity contribution is 7.27. The van der Waals surface area contributed by atoms with E-state index in [1.165, 1.54) is 24.4 Å². The fraction of sp³-hybridized carbons (Fsp3) is 0. The molecule has 1 aromatic carbocycles. The molecule has 3 N–H and O–H groups in total. The van der Waals surface area contributed by atoms with Crippen molar-refractivity contribution in [1.29, 1.82) is 5.41 Å². The van der Waals surface area contributed by atoms with Gasteiger partial charge in [-0.05, 0) is 41.3 Å². The first kappa shape index (κ1) is 15.3. The van der Waals surface area contributed by atoms with Crippen LogP contribution in [0.5, 0.6) is 0 Å². The Morgan fingerprint density at radius 1 is 0.708 bits per heavy atom. The third-order valence-electron chi connectivity index (χ3n) is 3.70. The van der Waals surface area contributed by atoms with Gasteiger partial charge in [0.05, 0.1) is 0 Å². The van der Waals surface area contributed by atoms with Gasteiger partial charge >= 0.3 is 0 Å². The van der Waals surface area contributed by atoms with Crippen molar-refractivity contribution >= 4 is 39.8 Å². The van der Waals surface area contributed by atoms with Gasteiger partial charge in [-0.2, -0.15) is 0 Å². The molecule has 0 aliphatic carbocycles. The maximum Gasteiger partial charge on any atom is 0.122 e. The van der Waals surface area contributed by atoms with E-state index in [4.69, 9.17) is 11.1 Å². The van der Waals surface area contributed by atoms with Crippen molar-refractivity contribution in [3.8, 4) is 29.9 Å². The molecule has 0 atom stereocenters. The topological polar surface area (TPSA) is 49.9 Å². The van der Waals surface area contributed by atoms with Gasteiger partial charge in [0.1, 0.15) is 5.84 Å². The lowest BCUT2D eigenvalue weighted by atomic mass is 10.1. The maximum atomic E-state index is 7.47. The van der Waals surface area contributed by atoms with Crippen LogP contribution in [0, 0.1) is 5.41 Å². The molecule has 0 fully saturated rings. The summed E-state index contributed by atoms with van der Waals surface area (Å²) in [5.41, 5.74) is 7.43. The molecule has 118 valence electrons. The zero-order valence-corrected chi connectivity index (χ0v) is 15.1. The predicted molar refractivity (Wildman–Crippen MR) is 107 cm³/mol. The summed E-state index contributed by atoms with van der Waals surface area (Å²) >= 11 is 5.40. The minimum absolute atomic E-state index is 0.105. The van der Waals surface area contributed by atoms with E-state index in [0.29, 0.717) is 0 Å². The number of nitrogen functional groups attached to an aromatic ring is 1. The number of nitrogens with two attached hydrogens (primary N) is 1. The maximum absolute atomic E-state index is 7.47. The van der Waals surface area contributed by atoms with Gasteiger partial charge in [-0.25, -0.2) is 0 Å². The van der Waals surface area contributed by atoms with Crippen LogP contribution in [-0.4, -0.2) is 5.84 Å². The first-order valence-electron chi connectivity index (χ1n) is 7.39. The fourth-order valence-electron chi connectivity index (χ4n) is 2.46. The Balaban J connectivity index is 1.62. The molecule has 0 saturated carbocycles. The van der Waals surface area contributed by atoms with Crippen LogP contribution in [0.1, 0.15) is 5.56 Å². The van der Waals surface area contributed by atoms with Crippen molar-refractivity contribution in [2.24, 2.45) is 5.73 Å². The Bertz CT molecular complexity index is 976. The Morgan fingerprint density at radius 3 is 1.88 bits per heavy atom. The summed E-state index contributed by atoms with van der Waals surface area (Å²) in [5, 5.41) is 9.58. The first-order chi connectivity index (χ1) is 11.7. The van der Waals surface area contributed by atoms with Crippen molar-refractivity contribution in [3.05, 3.63) is 71.6 Å². The van der Waals surface area contributed by atoms with Crippen molar-refractivity contribution in [2.75, 3.05) is 0 Å². The Hall–Kier alpha value is -2.21. The van der Waals surface area contributed by atoms with E-state index in [2.05, 4.69) is 41.8 Å². The van der Waals surface area contributed by atoms with Gasteiger partial charge in [-0.15, -0.1) is 34.0 Å². The van der Waals surface area contributed by atoms with Crippen molar-refractivity contribution < 1.29 is 0 Å². The largest absolute Gasteiger partial charge is 0.384 e. The second-order valence-corrected chi connectivity index (χ2v) is 8.41. The summed E-state index contributed by atoms with van der Waals surface area (Å²) in [6, 6.07) is 20.9. The number of rotatable bonds is 4. The lowest BCUT2D eigenvalue weighted by Crippen LogP contribution is -2.10. The molecule has 3 aromatic heterocycles. The van der Waals surface area contributed by atoms with Gasteiger partial charge in [0.2, 0.25) is 0 Å². The van der Waals surface area contributed by atoms with E-state index in [1.807, 2.05) is 35.6 Å². The normalized spacial score (nSPS) is 10.8. The number of benzene rings is 1. The lowest BCUT2D eigenvalue weighted by Gasteiger charge is -2.00. The van der Waals surface area contributed by atoms with E-state index < -0.39 is 0 Å². The lowest BCUT2D eigenvalue weighted by molar-refractivity contribution is 1.43. The van der Waals surface area contributed by atoms with E-state index >= 15 is 0 Å². The van der Waals surface area contributed by atoms with Crippen LogP contribution >= 0.6 is 34.0 Å². The predicted octanol–water partition coefficient (Wildman–Crippen LogP) is 6.16. The molecule has 0 spiro atoms. The molecule has 2 nitrogen and oxygen atoms in total. The Kier molecular flexibility index (Phi) is 4.06. The summed E-state index contributed by atoms with van der Waals surface area (Å²) in [6.45, 7) is 0. The molecule has 5 heteroatoms. The highest BCUT2D eigenvalue weighted by atomic mass is 32.1. The van der Waals surface area contributed by atoms with E-state index in [-0.39, 0.29) is 5.84 Å². The minimum atomic E-state index is 0.105. The smallest absolute Gasteiger partial charge is 0.122 e. The molecule has 3 heterocycles. The van der Waals surface area contributed by atoms with E-state index in [1.54, 1.807) is 22.7 Å². The number of amidine groups is 1. The Labute approximate surface area is 152 Å². The molecular weight excluding hydrogens is 352 g/mol. The summed E-state index contributed by atoms with van der Waals surface area (Å²) in [5.74, 6) is 0.105. The summed E-state index contributed by atoms with van der Waals surface area (Å²) < 4.78 is 0. The van der Waals surface area contributed by atoms with Crippen LogP contribution < -0.4 is 5.73 Å². The number of hydrogen-bond acceptors (Lipinski definition) is 4. The summed E-state index contributed by atoms with van der Waals surface area (Å²) in [6.07, 6.45) is 0. The average Bonchev–Trinajstić information content (AvgIpc) is 3.33. The highest BCUT2D eigenvalue weighted by Gasteiger charge is 2.09. The summed E-state index contributed by atoms with van der Waals surface area (Å²) in [4.78, 5) is 6.46. The molecular formula is C19H14N2S3. The van der Waals surface area contributed by atoms with Gasteiger partial charge < -0.3 is 5.73 Å². The average molecular weight is 367 g/mol. The molecule has 24 heavy (non-hydrogen) atoms. The zero-order chi connectivity index (χ0) is 16.5. The van der Waals surface area contributed by atoms with E-state index in [0.717, 1.165) is 11.1 Å². The molecule has 0 aliphatic heterocycles. The van der Waals surface area contributed by atoms with Crippen molar-refractivity contribution in [2.45, 2.75) is 0 Å². The first-order valence-corrected chi connectivity index (χ1v) is 9.91.